The van der Waals surface area contributed by atoms with Crippen molar-refractivity contribution in [2.75, 3.05) is 0 Å². The molecule has 0 spiro atoms. The number of rotatable bonds is 4. The van der Waals surface area contributed by atoms with Crippen molar-refractivity contribution in [2.45, 2.75) is 19.4 Å². The first-order valence-electron chi connectivity index (χ1n) is 2.47. The molecule has 0 aromatic rings. The van der Waals surface area contributed by atoms with E-state index in [1.807, 2.05) is 17.9 Å². The summed E-state index contributed by atoms with van der Waals surface area (Å²) >= 11 is 0. The third kappa shape index (κ3) is 6.39. The molecular formula is C4H11N2O2Re-. The summed E-state index contributed by atoms with van der Waals surface area (Å²) in [5.41, 5.74) is 3.80. The van der Waals surface area contributed by atoms with Gasteiger partial charge in [-0.05, 0) is 0 Å². The van der Waals surface area contributed by atoms with Gasteiger partial charge in [0.1, 0.15) is 0 Å². The van der Waals surface area contributed by atoms with Gasteiger partial charge in [0.25, 0.3) is 0 Å². The van der Waals surface area contributed by atoms with Gasteiger partial charge in [0.15, 0.2) is 0 Å². The van der Waals surface area contributed by atoms with Gasteiger partial charge >= 0.3 is 0 Å². The first kappa shape index (κ1) is 12.2. The Morgan fingerprint density at radius 3 is 2.22 bits per heavy atom. The van der Waals surface area contributed by atoms with E-state index in [2.05, 4.69) is 0 Å². The molecule has 0 amide bonds. The molecule has 0 aliphatic rings. The summed E-state index contributed by atoms with van der Waals surface area (Å²) in [7, 11) is 0. The molecular weight excluding hydrogens is 294 g/mol. The van der Waals surface area contributed by atoms with Gasteiger partial charge in [-0.3, -0.25) is 0 Å². The molecule has 0 aromatic heterocycles. The SMILES string of the molecule is CC[C@H]([CH-]NO)NO.[Re]. The van der Waals surface area contributed by atoms with E-state index in [0.29, 0.717) is 0 Å². The van der Waals surface area contributed by atoms with E-state index in [1.54, 1.807) is 0 Å². The standard InChI is InChI=1S/C4H11N2O2.Re/c1-2-4(6-8)3-5-7;/h3-8H,2H2,1H3;/q-1;/t4-;/m1./s1. The summed E-state index contributed by atoms with van der Waals surface area (Å²) in [6.45, 7) is 3.22. The van der Waals surface area contributed by atoms with Gasteiger partial charge in [-0.15, -0.1) is 0 Å². The van der Waals surface area contributed by atoms with Crippen molar-refractivity contribution in [3.8, 4) is 0 Å². The quantitative estimate of drug-likeness (QED) is 0.432. The van der Waals surface area contributed by atoms with Gasteiger partial charge in [0.05, 0.1) is 0 Å². The van der Waals surface area contributed by atoms with Gasteiger partial charge in [-0.1, -0.05) is 19.4 Å². The molecule has 4 nitrogen and oxygen atoms in total. The number of hydrogen-bond donors (Lipinski definition) is 4. The molecule has 1 radical (unpaired) electrons. The molecule has 0 rings (SSSR count). The molecule has 57 valence electrons. The van der Waals surface area contributed by atoms with Crippen molar-refractivity contribution in [1.82, 2.24) is 11.0 Å². The fourth-order valence-corrected chi connectivity index (χ4v) is 0.336. The van der Waals surface area contributed by atoms with Crippen LogP contribution in [0, 0.1) is 6.54 Å². The molecule has 0 bridgehead atoms. The second-order valence-corrected chi connectivity index (χ2v) is 1.44. The van der Waals surface area contributed by atoms with Gasteiger partial charge in [0, 0.05) is 20.4 Å². The van der Waals surface area contributed by atoms with Crippen LogP contribution in [0.1, 0.15) is 13.3 Å². The Morgan fingerprint density at radius 2 is 2.11 bits per heavy atom. The smallest absolute Gasteiger partial charge is 0 e. The average Bonchev–Trinajstić information content (AvgIpc) is 1.83. The van der Waals surface area contributed by atoms with E-state index in [0.717, 1.165) is 6.42 Å². The topological polar surface area (TPSA) is 64.5 Å². The van der Waals surface area contributed by atoms with Gasteiger partial charge < -0.3 is 15.9 Å². The molecule has 0 saturated carbocycles. The Bertz CT molecular complexity index is 51.8. The fourth-order valence-electron chi connectivity index (χ4n) is 0.336. The Kier molecular flexibility index (Phi) is 11.5. The van der Waals surface area contributed by atoms with E-state index < -0.39 is 0 Å². The van der Waals surface area contributed by atoms with Crippen molar-refractivity contribution in [1.29, 1.82) is 0 Å². The van der Waals surface area contributed by atoms with Crippen LogP contribution < -0.4 is 11.0 Å². The molecule has 4 N–H and O–H groups in total. The zero-order valence-corrected chi connectivity index (χ0v) is 7.85. The molecule has 0 fully saturated rings. The zero-order chi connectivity index (χ0) is 6.41. The van der Waals surface area contributed by atoms with Gasteiger partial charge in [0.2, 0.25) is 0 Å². The maximum Gasteiger partial charge on any atom is 0 e. The average molecular weight is 305 g/mol. The van der Waals surface area contributed by atoms with Gasteiger partial charge in [-0.2, -0.15) is 0 Å². The minimum Gasteiger partial charge on any atom is -0.352 e. The third-order valence-corrected chi connectivity index (χ3v) is 0.881. The van der Waals surface area contributed by atoms with E-state index in [4.69, 9.17) is 10.4 Å². The van der Waals surface area contributed by atoms with Crippen molar-refractivity contribution < 1.29 is 30.8 Å². The van der Waals surface area contributed by atoms with Crippen molar-refractivity contribution >= 4 is 0 Å². The van der Waals surface area contributed by atoms with E-state index in [-0.39, 0.29) is 26.5 Å². The normalized spacial score (nSPS) is 12.3. The van der Waals surface area contributed by atoms with Crippen LogP contribution >= 0.6 is 0 Å². The van der Waals surface area contributed by atoms with E-state index in [9.17, 15) is 0 Å². The summed E-state index contributed by atoms with van der Waals surface area (Å²) in [5, 5.41) is 16.3. The van der Waals surface area contributed by atoms with E-state index in [1.165, 1.54) is 6.54 Å². The number of hydroxylamine groups is 2. The molecule has 0 aliphatic heterocycles. The van der Waals surface area contributed by atoms with Crippen LogP contribution in [0.2, 0.25) is 0 Å². The molecule has 1 atom stereocenters. The molecule has 0 aromatic carbocycles. The summed E-state index contributed by atoms with van der Waals surface area (Å²) in [6, 6.07) is -0.181. The summed E-state index contributed by atoms with van der Waals surface area (Å²) < 4.78 is 0. The van der Waals surface area contributed by atoms with E-state index >= 15 is 0 Å². The Labute approximate surface area is 68.2 Å². The number of hydrogen-bond acceptors (Lipinski definition) is 4. The summed E-state index contributed by atoms with van der Waals surface area (Å²) in [6.07, 6.45) is 0.726. The minimum absolute atomic E-state index is 0. The largest absolute Gasteiger partial charge is 0.352 e. The Morgan fingerprint density at radius 1 is 1.56 bits per heavy atom. The Hall–Kier alpha value is 0.502. The van der Waals surface area contributed by atoms with Crippen LogP contribution in [0.25, 0.3) is 0 Å². The van der Waals surface area contributed by atoms with Gasteiger partial charge in [-0.25, -0.2) is 12.0 Å². The second-order valence-electron chi connectivity index (χ2n) is 1.44. The first-order valence-corrected chi connectivity index (χ1v) is 2.47. The third-order valence-electron chi connectivity index (χ3n) is 0.881. The maximum atomic E-state index is 8.22. The Balaban J connectivity index is 0. The molecule has 0 saturated heterocycles. The van der Waals surface area contributed by atoms with Crippen LogP contribution in [0.15, 0.2) is 0 Å². The molecule has 0 aliphatic carbocycles. The van der Waals surface area contributed by atoms with Crippen molar-refractivity contribution in [3.63, 3.8) is 0 Å². The number of nitrogens with one attached hydrogen (secondary N) is 2. The zero-order valence-electron chi connectivity index (χ0n) is 5.13. The van der Waals surface area contributed by atoms with Crippen LogP contribution in [-0.4, -0.2) is 16.5 Å². The maximum absolute atomic E-state index is 8.22. The summed E-state index contributed by atoms with van der Waals surface area (Å²) in [4.78, 5) is 0. The van der Waals surface area contributed by atoms with Crippen LogP contribution in [-0.2, 0) is 20.4 Å². The van der Waals surface area contributed by atoms with Crippen molar-refractivity contribution in [3.05, 3.63) is 6.54 Å². The fraction of sp³-hybridized carbons (Fsp3) is 0.750. The summed E-state index contributed by atoms with van der Waals surface area (Å²) in [5.74, 6) is 0. The molecule has 9 heavy (non-hydrogen) atoms. The first-order chi connectivity index (χ1) is 3.85. The minimum atomic E-state index is -0.181. The predicted molar refractivity (Wildman–Crippen MR) is 28.2 cm³/mol. The van der Waals surface area contributed by atoms with Crippen LogP contribution in [0.3, 0.4) is 0 Å². The van der Waals surface area contributed by atoms with Crippen LogP contribution in [0.5, 0.6) is 0 Å². The van der Waals surface area contributed by atoms with Crippen LogP contribution in [0.4, 0.5) is 0 Å². The van der Waals surface area contributed by atoms with Crippen molar-refractivity contribution in [2.24, 2.45) is 0 Å². The monoisotopic (exact) mass is 306 g/mol. The molecule has 5 heteroatoms. The second kappa shape index (κ2) is 8.50. The predicted octanol–water partition coefficient (Wildman–Crippen LogP) is -0.118. The molecule has 0 unspecified atom stereocenters. The molecule has 0 heterocycles.